The van der Waals surface area contributed by atoms with Crippen LogP contribution >= 0.6 is 0 Å². The Morgan fingerprint density at radius 3 is 2.68 bits per heavy atom. The average molecular weight is 337 g/mol. The SMILES string of the molecule is Cc1cc(C)c(-c2ccc3ncc(C4COCC4O)nc3n2)c(O)c1. The van der Waals surface area contributed by atoms with E-state index in [1.165, 1.54) is 0 Å². The molecule has 1 aromatic carbocycles. The van der Waals surface area contributed by atoms with Crippen molar-refractivity contribution in [3.05, 3.63) is 47.3 Å². The second kappa shape index (κ2) is 6.06. The minimum Gasteiger partial charge on any atom is -0.507 e. The zero-order chi connectivity index (χ0) is 17.6. The van der Waals surface area contributed by atoms with Gasteiger partial charge in [0.2, 0.25) is 0 Å². The Kier molecular flexibility index (Phi) is 3.86. The molecule has 4 rings (SSSR count). The molecule has 6 heteroatoms. The van der Waals surface area contributed by atoms with Gasteiger partial charge in [0.15, 0.2) is 5.65 Å². The van der Waals surface area contributed by atoms with Gasteiger partial charge in [-0.2, -0.15) is 0 Å². The number of hydrogen-bond acceptors (Lipinski definition) is 6. The van der Waals surface area contributed by atoms with Crippen molar-refractivity contribution in [1.29, 1.82) is 0 Å². The van der Waals surface area contributed by atoms with E-state index in [1.807, 2.05) is 32.0 Å². The lowest BCUT2D eigenvalue weighted by molar-refractivity contribution is 0.124. The summed E-state index contributed by atoms with van der Waals surface area (Å²) >= 11 is 0. The van der Waals surface area contributed by atoms with Crippen LogP contribution in [-0.4, -0.2) is 44.5 Å². The monoisotopic (exact) mass is 337 g/mol. The lowest BCUT2D eigenvalue weighted by atomic mass is 10.0. The molecule has 2 N–H and O–H groups in total. The number of rotatable bonds is 2. The van der Waals surface area contributed by atoms with Crippen LogP contribution in [0.3, 0.4) is 0 Å². The van der Waals surface area contributed by atoms with E-state index in [-0.39, 0.29) is 11.7 Å². The Morgan fingerprint density at radius 1 is 1.12 bits per heavy atom. The van der Waals surface area contributed by atoms with Crippen LogP contribution in [0.1, 0.15) is 22.7 Å². The number of nitrogens with zero attached hydrogens (tertiary/aromatic N) is 3. The molecule has 1 saturated heterocycles. The van der Waals surface area contributed by atoms with Gasteiger partial charge >= 0.3 is 0 Å². The maximum absolute atomic E-state index is 10.3. The molecule has 0 bridgehead atoms. The maximum Gasteiger partial charge on any atom is 0.179 e. The number of aliphatic hydroxyl groups is 1. The Bertz CT molecular complexity index is 935. The molecular formula is C19H19N3O3. The summed E-state index contributed by atoms with van der Waals surface area (Å²) in [5, 5.41) is 20.3. The average Bonchev–Trinajstić information content (AvgIpc) is 2.99. The normalized spacial score (nSPS) is 20.3. The van der Waals surface area contributed by atoms with E-state index in [0.29, 0.717) is 41.3 Å². The molecule has 6 nitrogen and oxygen atoms in total. The molecule has 0 radical (unpaired) electrons. The van der Waals surface area contributed by atoms with Crippen LogP contribution < -0.4 is 0 Å². The molecule has 3 heterocycles. The molecule has 3 aromatic rings. The Labute approximate surface area is 145 Å². The van der Waals surface area contributed by atoms with Crippen molar-refractivity contribution in [1.82, 2.24) is 15.0 Å². The van der Waals surface area contributed by atoms with Gasteiger partial charge in [-0.3, -0.25) is 4.98 Å². The van der Waals surface area contributed by atoms with Crippen molar-refractivity contribution in [3.8, 4) is 17.0 Å². The summed E-state index contributed by atoms with van der Waals surface area (Å²) in [5.74, 6) is 0.0185. The Hall–Kier alpha value is -2.57. The third-order valence-corrected chi connectivity index (χ3v) is 4.57. The topological polar surface area (TPSA) is 88.4 Å². The van der Waals surface area contributed by atoms with Crippen molar-refractivity contribution in [3.63, 3.8) is 0 Å². The first-order valence-electron chi connectivity index (χ1n) is 8.23. The van der Waals surface area contributed by atoms with Gasteiger partial charge in [0.25, 0.3) is 0 Å². The zero-order valence-corrected chi connectivity index (χ0v) is 14.1. The van der Waals surface area contributed by atoms with Crippen molar-refractivity contribution in [2.75, 3.05) is 13.2 Å². The van der Waals surface area contributed by atoms with Gasteiger partial charge < -0.3 is 14.9 Å². The van der Waals surface area contributed by atoms with E-state index in [0.717, 1.165) is 11.1 Å². The summed E-state index contributed by atoms with van der Waals surface area (Å²) in [4.78, 5) is 13.6. The van der Waals surface area contributed by atoms with Crippen LogP contribution in [0, 0.1) is 13.8 Å². The summed E-state index contributed by atoms with van der Waals surface area (Å²) in [6, 6.07) is 7.41. The third kappa shape index (κ3) is 2.83. The number of pyridine rings is 1. The first kappa shape index (κ1) is 15.9. The van der Waals surface area contributed by atoms with Gasteiger partial charge in [0, 0.05) is 11.8 Å². The van der Waals surface area contributed by atoms with Gasteiger partial charge in [0.05, 0.1) is 36.6 Å². The number of benzene rings is 1. The van der Waals surface area contributed by atoms with Crippen molar-refractivity contribution < 1.29 is 14.9 Å². The highest BCUT2D eigenvalue weighted by Gasteiger charge is 2.29. The minimum absolute atomic E-state index is 0.183. The molecule has 0 aliphatic carbocycles. The van der Waals surface area contributed by atoms with E-state index in [1.54, 1.807) is 12.3 Å². The summed E-state index contributed by atoms with van der Waals surface area (Å²) in [5.41, 5.74) is 5.14. The number of fused-ring (bicyclic) bond motifs is 1. The fraction of sp³-hybridized carbons (Fsp3) is 0.316. The zero-order valence-electron chi connectivity index (χ0n) is 14.1. The van der Waals surface area contributed by atoms with E-state index in [9.17, 15) is 10.2 Å². The number of aromatic nitrogens is 3. The largest absolute Gasteiger partial charge is 0.507 e. The van der Waals surface area contributed by atoms with Crippen LogP contribution in [0.25, 0.3) is 22.4 Å². The molecule has 128 valence electrons. The lowest BCUT2D eigenvalue weighted by Crippen LogP contribution is -2.17. The molecule has 1 aliphatic heterocycles. The highest BCUT2D eigenvalue weighted by atomic mass is 16.5. The highest BCUT2D eigenvalue weighted by molar-refractivity contribution is 5.78. The van der Waals surface area contributed by atoms with E-state index in [2.05, 4.69) is 15.0 Å². The number of aromatic hydroxyl groups is 1. The number of phenols is 1. The van der Waals surface area contributed by atoms with E-state index >= 15 is 0 Å². The summed E-state index contributed by atoms with van der Waals surface area (Å²) < 4.78 is 5.30. The standard InChI is InChI=1S/C19H19N3O3/c1-10-5-11(2)18(16(23)6-10)13-3-4-14-19(21-13)22-15(7-20-14)12-8-25-9-17(12)24/h3-7,12,17,23-24H,8-9H2,1-2H3. The molecule has 2 atom stereocenters. The first-order chi connectivity index (χ1) is 12.0. The summed E-state index contributed by atoms with van der Waals surface area (Å²) in [6.45, 7) is 4.63. The van der Waals surface area contributed by atoms with Crippen LogP contribution in [0.4, 0.5) is 0 Å². The summed E-state index contributed by atoms with van der Waals surface area (Å²) in [6.07, 6.45) is 1.10. The fourth-order valence-corrected chi connectivity index (χ4v) is 3.33. The predicted octanol–water partition coefficient (Wildman–Crippen LogP) is 2.49. The second-order valence-corrected chi connectivity index (χ2v) is 6.52. The van der Waals surface area contributed by atoms with Gasteiger partial charge in [-0.15, -0.1) is 0 Å². The first-order valence-corrected chi connectivity index (χ1v) is 8.23. The number of aliphatic hydroxyl groups excluding tert-OH is 1. The molecule has 2 unspecified atom stereocenters. The number of phenolic OH excluding ortho intramolecular Hbond substituents is 1. The van der Waals surface area contributed by atoms with Gasteiger partial charge in [0.1, 0.15) is 11.3 Å². The van der Waals surface area contributed by atoms with Crippen LogP contribution in [0.15, 0.2) is 30.5 Å². The van der Waals surface area contributed by atoms with Crippen molar-refractivity contribution in [2.45, 2.75) is 25.9 Å². The van der Waals surface area contributed by atoms with Crippen molar-refractivity contribution in [2.24, 2.45) is 0 Å². The van der Waals surface area contributed by atoms with Gasteiger partial charge in [-0.05, 0) is 43.2 Å². The molecular weight excluding hydrogens is 318 g/mol. The van der Waals surface area contributed by atoms with E-state index in [4.69, 9.17) is 4.74 Å². The number of hydrogen-bond donors (Lipinski definition) is 2. The Balaban J connectivity index is 1.82. The van der Waals surface area contributed by atoms with Crippen LogP contribution in [0.5, 0.6) is 5.75 Å². The van der Waals surface area contributed by atoms with Crippen LogP contribution in [-0.2, 0) is 4.74 Å². The quantitative estimate of drug-likeness (QED) is 0.747. The second-order valence-electron chi connectivity index (χ2n) is 6.52. The van der Waals surface area contributed by atoms with Crippen molar-refractivity contribution >= 4 is 11.2 Å². The molecule has 25 heavy (non-hydrogen) atoms. The van der Waals surface area contributed by atoms with Crippen LogP contribution in [0.2, 0.25) is 0 Å². The number of ether oxygens (including phenoxy) is 1. The Morgan fingerprint density at radius 2 is 1.96 bits per heavy atom. The fourth-order valence-electron chi connectivity index (χ4n) is 3.33. The van der Waals surface area contributed by atoms with Gasteiger partial charge in [-0.25, -0.2) is 9.97 Å². The summed E-state index contributed by atoms with van der Waals surface area (Å²) in [7, 11) is 0. The highest BCUT2D eigenvalue weighted by Crippen LogP contribution is 2.33. The lowest BCUT2D eigenvalue weighted by Gasteiger charge is -2.13. The van der Waals surface area contributed by atoms with Gasteiger partial charge in [-0.1, -0.05) is 6.07 Å². The van der Waals surface area contributed by atoms with E-state index < -0.39 is 6.10 Å². The molecule has 1 fully saturated rings. The molecule has 0 saturated carbocycles. The molecule has 0 amide bonds. The minimum atomic E-state index is -0.571. The molecule has 2 aromatic heterocycles. The number of aryl methyl sites for hydroxylation is 2. The predicted molar refractivity (Wildman–Crippen MR) is 93.5 cm³/mol. The smallest absolute Gasteiger partial charge is 0.179 e. The third-order valence-electron chi connectivity index (χ3n) is 4.57. The molecule has 0 spiro atoms. The molecule has 1 aliphatic rings. The maximum atomic E-state index is 10.3.